The third kappa shape index (κ3) is 4.41. The van der Waals surface area contributed by atoms with Gasteiger partial charge in [0.05, 0.1) is 17.5 Å². The molecular weight excluding hydrogens is 376 g/mol. The van der Waals surface area contributed by atoms with Gasteiger partial charge in [0.15, 0.2) is 0 Å². The minimum absolute atomic E-state index is 0.143. The number of ether oxygens (including phenoxy) is 1. The molecule has 29 heavy (non-hydrogen) atoms. The molecule has 0 radical (unpaired) electrons. The first-order valence-corrected chi connectivity index (χ1v) is 9.56. The van der Waals surface area contributed by atoms with Gasteiger partial charge in [-0.05, 0) is 44.7 Å². The summed E-state index contributed by atoms with van der Waals surface area (Å²) in [4.78, 5) is 56.4. The highest BCUT2D eigenvalue weighted by Crippen LogP contribution is 2.36. The maximum absolute atomic E-state index is 12.6. The molecule has 1 saturated heterocycles. The summed E-state index contributed by atoms with van der Waals surface area (Å²) in [6.07, 6.45) is -0.0684. The molecule has 3 rings (SSSR count). The molecule has 1 unspecified atom stereocenters. The Hall–Kier alpha value is -2.90. The summed E-state index contributed by atoms with van der Waals surface area (Å²) >= 11 is 0. The third-order valence-corrected chi connectivity index (χ3v) is 4.81. The summed E-state index contributed by atoms with van der Waals surface area (Å²) in [6.45, 7) is 9.76. The number of fused-ring (bicyclic) bond motifs is 1. The zero-order valence-electron chi connectivity index (χ0n) is 17.4. The average molecular weight is 402 g/mol. The van der Waals surface area contributed by atoms with Gasteiger partial charge in [0.25, 0.3) is 11.8 Å². The van der Waals surface area contributed by atoms with E-state index in [1.54, 1.807) is 32.9 Å². The lowest BCUT2D eigenvalue weighted by molar-refractivity contribution is -0.169. The van der Waals surface area contributed by atoms with Crippen molar-refractivity contribution in [1.29, 1.82) is 0 Å². The van der Waals surface area contributed by atoms with Gasteiger partial charge in [-0.3, -0.25) is 9.59 Å². The summed E-state index contributed by atoms with van der Waals surface area (Å²) in [7, 11) is 0. The number of imide groups is 1. The van der Waals surface area contributed by atoms with E-state index in [9.17, 15) is 19.2 Å². The normalized spacial score (nSPS) is 20.7. The molecule has 1 aromatic carbocycles. The van der Waals surface area contributed by atoms with Crippen LogP contribution >= 0.6 is 0 Å². The molecule has 0 bridgehead atoms. The maximum atomic E-state index is 12.6. The molecule has 0 aromatic heterocycles. The fraction of sp³-hybridized carbons (Fsp3) is 0.524. The van der Waals surface area contributed by atoms with Crippen molar-refractivity contribution in [2.45, 2.75) is 59.1 Å². The van der Waals surface area contributed by atoms with Crippen LogP contribution in [0.5, 0.6) is 0 Å². The SMILES string of the molecule is CC1(C)CC(CC(=O)ON2C(=O)c3ccccc3C2=O)N(C(=O)OC(C)(C)C)C1. The van der Waals surface area contributed by atoms with Crippen LogP contribution in [0.2, 0.25) is 0 Å². The van der Waals surface area contributed by atoms with Gasteiger partial charge in [-0.25, -0.2) is 9.59 Å². The Morgan fingerprint density at radius 2 is 1.66 bits per heavy atom. The quantitative estimate of drug-likeness (QED) is 0.721. The third-order valence-electron chi connectivity index (χ3n) is 4.81. The maximum Gasteiger partial charge on any atom is 0.410 e. The van der Waals surface area contributed by atoms with Gasteiger partial charge in [-0.2, -0.15) is 0 Å². The second-order valence-electron chi connectivity index (χ2n) is 9.25. The number of hydroxylamine groups is 2. The first kappa shape index (κ1) is 20.8. The van der Waals surface area contributed by atoms with Gasteiger partial charge in [-0.15, -0.1) is 0 Å². The molecule has 0 N–H and O–H groups in total. The largest absolute Gasteiger partial charge is 0.444 e. The van der Waals surface area contributed by atoms with E-state index in [0.717, 1.165) is 0 Å². The van der Waals surface area contributed by atoms with Crippen molar-refractivity contribution in [1.82, 2.24) is 9.96 Å². The van der Waals surface area contributed by atoms with Crippen molar-refractivity contribution < 1.29 is 28.8 Å². The summed E-state index contributed by atoms with van der Waals surface area (Å²) in [5.41, 5.74) is -0.461. The van der Waals surface area contributed by atoms with Crippen molar-refractivity contribution in [3.05, 3.63) is 35.4 Å². The van der Waals surface area contributed by atoms with Crippen molar-refractivity contribution in [2.75, 3.05) is 6.54 Å². The number of hydrogen-bond acceptors (Lipinski definition) is 6. The lowest BCUT2D eigenvalue weighted by Gasteiger charge is -2.28. The van der Waals surface area contributed by atoms with Crippen LogP contribution in [0.1, 0.15) is 68.2 Å². The van der Waals surface area contributed by atoms with E-state index in [1.165, 1.54) is 17.0 Å². The van der Waals surface area contributed by atoms with Crippen LogP contribution < -0.4 is 0 Å². The lowest BCUT2D eigenvalue weighted by atomic mass is 9.90. The Morgan fingerprint density at radius 3 is 2.17 bits per heavy atom. The van der Waals surface area contributed by atoms with Crippen molar-refractivity contribution in [2.24, 2.45) is 5.41 Å². The highest BCUT2D eigenvalue weighted by Gasteiger charge is 2.44. The fourth-order valence-corrected chi connectivity index (χ4v) is 3.70. The Kier molecular flexibility index (Phi) is 5.15. The molecule has 2 aliphatic heterocycles. The smallest absolute Gasteiger partial charge is 0.410 e. The monoisotopic (exact) mass is 402 g/mol. The zero-order valence-corrected chi connectivity index (χ0v) is 17.4. The highest BCUT2D eigenvalue weighted by molar-refractivity contribution is 6.20. The molecular formula is C21H26N2O6. The Labute approximate surface area is 169 Å². The molecule has 0 aliphatic carbocycles. The summed E-state index contributed by atoms with van der Waals surface area (Å²) in [5.74, 6) is -2.10. The van der Waals surface area contributed by atoms with Crippen LogP contribution in [-0.4, -0.2) is 52.0 Å². The van der Waals surface area contributed by atoms with E-state index < -0.39 is 35.5 Å². The Balaban J connectivity index is 1.68. The van der Waals surface area contributed by atoms with Gasteiger partial charge < -0.3 is 14.5 Å². The van der Waals surface area contributed by atoms with Crippen molar-refractivity contribution >= 4 is 23.9 Å². The van der Waals surface area contributed by atoms with Crippen LogP contribution in [0.3, 0.4) is 0 Å². The fourth-order valence-electron chi connectivity index (χ4n) is 3.70. The standard InChI is InChI=1S/C21H26N2O6/c1-20(2,3)28-19(27)22-12-21(4,5)11-13(22)10-16(24)29-23-17(25)14-8-6-7-9-15(14)18(23)26/h6-9,13H,10-12H2,1-5H3. The van der Waals surface area contributed by atoms with Crippen LogP contribution in [-0.2, 0) is 14.4 Å². The van der Waals surface area contributed by atoms with E-state index in [4.69, 9.17) is 9.57 Å². The summed E-state index contributed by atoms with van der Waals surface area (Å²) in [6, 6.07) is 5.84. The molecule has 1 aromatic rings. The van der Waals surface area contributed by atoms with E-state index in [0.29, 0.717) is 18.0 Å². The number of rotatable bonds is 3. The summed E-state index contributed by atoms with van der Waals surface area (Å²) < 4.78 is 5.45. The average Bonchev–Trinajstić information content (AvgIpc) is 3.02. The van der Waals surface area contributed by atoms with Crippen LogP contribution in [0.15, 0.2) is 24.3 Å². The van der Waals surface area contributed by atoms with E-state index in [-0.39, 0.29) is 23.0 Å². The van der Waals surface area contributed by atoms with Crippen LogP contribution in [0.4, 0.5) is 4.79 Å². The number of nitrogens with zero attached hydrogens (tertiary/aromatic N) is 2. The number of carbonyl (C=O) groups excluding carboxylic acids is 4. The van der Waals surface area contributed by atoms with E-state index in [2.05, 4.69) is 0 Å². The molecule has 1 fully saturated rings. The molecule has 156 valence electrons. The van der Waals surface area contributed by atoms with E-state index >= 15 is 0 Å². The molecule has 0 spiro atoms. The number of likely N-dealkylation sites (tertiary alicyclic amines) is 1. The molecule has 8 nitrogen and oxygen atoms in total. The number of benzene rings is 1. The topological polar surface area (TPSA) is 93.2 Å². The lowest BCUT2D eigenvalue weighted by Crippen LogP contribution is -2.42. The summed E-state index contributed by atoms with van der Waals surface area (Å²) in [5, 5.41) is 0.491. The second-order valence-corrected chi connectivity index (χ2v) is 9.25. The molecule has 3 amide bonds. The van der Waals surface area contributed by atoms with Gasteiger partial charge in [0.1, 0.15) is 5.60 Å². The molecule has 2 aliphatic rings. The molecule has 8 heteroatoms. The number of amides is 3. The Bertz CT molecular complexity index is 835. The minimum atomic E-state index is -0.754. The predicted octanol–water partition coefficient (Wildman–Crippen LogP) is 3.17. The molecule has 2 heterocycles. The first-order chi connectivity index (χ1) is 13.4. The van der Waals surface area contributed by atoms with E-state index in [1.807, 2.05) is 13.8 Å². The predicted molar refractivity (Wildman–Crippen MR) is 103 cm³/mol. The number of hydrogen-bond donors (Lipinski definition) is 0. The second kappa shape index (κ2) is 7.17. The Morgan fingerprint density at radius 1 is 1.10 bits per heavy atom. The van der Waals surface area contributed by atoms with Crippen LogP contribution in [0.25, 0.3) is 0 Å². The highest BCUT2D eigenvalue weighted by atomic mass is 16.7. The van der Waals surface area contributed by atoms with Gasteiger partial charge in [0, 0.05) is 12.6 Å². The van der Waals surface area contributed by atoms with Crippen molar-refractivity contribution in [3.8, 4) is 0 Å². The molecule has 0 saturated carbocycles. The minimum Gasteiger partial charge on any atom is -0.444 e. The van der Waals surface area contributed by atoms with Crippen LogP contribution in [0, 0.1) is 5.41 Å². The van der Waals surface area contributed by atoms with Gasteiger partial charge in [0.2, 0.25) is 0 Å². The number of carbonyl (C=O) groups is 4. The van der Waals surface area contributed by atoms with Crippen molar-refractivity contribution in [3.63, 3.8) is 0 Å². The van der Waals surface area contributed by atoms with Gasteiger partial charge in [-0.1, -0.05) is 31.0 Å². The van der Waals surface area contributed by atoms with Gasteiger partial charge >= 0.3 is 12.1 Å². The zero-order chi connectivity index (χ0) is 21.6. The first-order valence-electron chi connectivity index (χ1n) is 9.56. The molecule has 1 atom stereocenters.